The van der Waals surface area contributed by atoms with E-state index in [0.717, 1.165) is 24.0 Å². The minimum absolute atomic E-state index is 0.0898. The van der Waals surface area contributed by atoms with Crippen molar-refractivity contribution in [3.63, 3.8) is 0 Å². The monoisotopic (exact) mass is 339 g/mol. The van der Waals surface area contributed by atoms with Crippen LogP contribution in [0.3, 0.4) is 0 Å². The molecule has 1 fully saturated rings. The van der Waals surface area contributed by atoms with E-state index in [0.29, 0.717) is 4.47 Å². The predicted octanol–water partition coefficient (Wildman–Crippen LogP) is 2.37. The molecule has 1 aromatic rings. The molecule has 7 heteroatoms. The Hall–Kier alpha value is -0.110. The topological polar surface area (TPSA) is 46.2 Å². The van der Waals surface area contributed by atoms with E-state index in [1.807, 2.05) is 0 Å². The lowest BCUT2D eigenvalue weighted by atomic mass is 10.3. The highest BCUT2D eigenvalue weighted by Crippen LogP contribution is 2.22. The molecule has 1 aliphatic heterocycles. The molecule has 0 bridgehead atoms. The lowest BCUT2D eigenvalue weighted by molar-refractivity contribution is 0.544. The molecular weight excluding hydrogens is 329 g/mol. The average Bonchev–Trinajstić information content (AvgIpc) is 2.68. The Morgan fingerprint density at radius 2 is 2.24 bits per heavy atom. The molecule has 0 aliphatic carbocycles. The maximum atomic E-state index is 13.6. The highest BCUT2D eigenvalue weighted by molar-refractivity contribution is 9.10. The van der Waals surface area contributed by atoms with Crippen molar-refractivity contribution in [2.75, 3.05) is 11.5 Å². The van der Waals surface area contributed by atoms with Gasteiger partial charge in [-0.2, -0.15) is 11.8 Å². The molecule has 0 saturated carbocycles. The van der Waals surface area contributed by atoms with Gasteiger partial charge in [0.25, 0.3) is 0 Å². The second-order valence-corrected chi connectivity index (χ2v) is 7.50. The number of halogens is 2. The molecule has 3 nitrogen and oxygen atoms in total. The van der Waals surface area contributed by atoms with E-state index in [1.165, 1.54) is 12.1 Å². The summed E-state index contributed by atoms with van der Waals surface area (Å²) in [5.41, 5.74) is 0. The molecule has 0 radical (unpaired) electrons. The Kier molecular flexibility index (Phi) is 4.12. The Balaban J connectivity index is 2.24. The van der Waals surface area contributed by atoms with E-state index in [-0.39, 0.29) is 10.9 Å². The number of sulfonamides is 1. The van der Waals surface area contributed by atoms with Crippen molar-refractivity contribution >= 4 is 37.7 Å². The van der Waals surface area contributed by atoms with Crippen molar-refractivity contribution in [3.8, 4) is 0 Å². The van der Waals surface area contributed by atoms with Gasteiger partial charge in [-0.15, -0.1) is 0 Å². The number of rotatable bonds is 3. The number of hydrogen-bond acceptors (Lipinski definition) is 3. The second-order valence-electron chi connectivity index (χ2n) is 3.76. The van der Waals surface area contributed by atoms with Crippen LogP contribution in [0.15, 0.2) is 27.6 Å². The molecule has 0 aromatic heterocycles. The molecule has 1 saturated heterocycles. The van der Waals surface area contributed by atoms with Gasteiger partial charge in [-0.3, -0.25) is 0 Å². The molecule has 1 aromatic carbocycles. The zero-order valence-corrected chi connectivity index (χ0v) is 12.0. The molecule has 2 rings (SSSR count). The van der Waals surface area contributed by atoms with Crippen molar-refractivity contribution in [2.24, 2.45) is 0 Å². The van der Waals surface area contributed by atoms with Gasteiger partial charge < -0.3 is 0 Å². The van der Waals surface area contributed by atoms with E-state index < -0.39 is 15.8 Å². The van der Waals surface area contributed by atoms with Crippen LogP contribution in [-0.2, 0) is 10.0 Å². The fourth-order valence-electron chi connectivity index (χ4n) is 1.60. The first-order valence-corrected chi connectivity index (χ1v) is 8.47. The molecule has 1 aliphatic rings. The molecule has 0 amide bonds. The summed E-state index contributed by atoms with van der Waals surface area (Å²) in [6.07, 6.45) is 0.794. The maximum absolute atomic E-state index is 13.6. The van der Waals surface area contributed by atoms with Crippen LogP contribution in [0.1, 0.15) is 6.42 Å². The fourth-order valence-corrected chi connectivity index (χ4v) is 4.52. The smallest absolute Gasteiger partial charge is 0.207 e. The average molecular weight is 340 g/mol. The highest BCUT2D eigenvalue weighted by atomic mass is 79.9. The van der Waals surface area contributed by atoms with Crippen LogP contribution in [0, 0.1) is 5.82 Å². The molecule has 1 unspecified atom stereocenters. The van der Waals surface area contributed by atoms with Crippen LogP contribution in [0.2, 0.25) is 0 Å². The van der Waals surface area contributed by atoms with Crippen molar-refractivity contribution in [1.29, 1.82) is 0 Å². The number of benzene rings is 1. The van der Waals surface area contributed by atoms with Crippen LogP contribution in [0.25, 0.3) is 0 Å². The SMILES string of the molecule is O=S(=O)(NC1CCSC1)c1ccc(Br)cc1F. The van der Waals surface area contributed by atoms with Gasteiger partial charge in [-0.25, -0.2) is 17.5 Å². The van der Waals surface area contributed by atoms with Gasteiger partial charge in [-0.05, 0) is 30.4 Å². The summed E-state index contributed by atoms with van der Waals surface area (Å²) < 4.78 is 40.5. The van der Waals surface area contributed by atoms with Gasteiger partial charge in [0.1, 0.15) is 10.7 Å². The van der Waals surface area contributed by atoms with Gasteiger partial charge in [0.2, 0.25) is 10.0 Å². The zero-order valence-electron chi connectivity index (χ0n) is 8.82. The third-order valence-corrected chi connectivity index (χ3v) is 5.64. The Morgan fingerprint density at radius 1 is 1.47 bits per heavy atom. The van der Waals surface area contributed by atoms with E-state index in [1.54, 1.807) is 11.8 Å². The second kappa shape index (κ2) is 5.26. The molecule has 94 valence electrons. The van der Waals surface area contributed by atoms with Gasteiger partial charge >= 0.3 is 0 Å². The summed E-state index contributed by atoms with van der Waals surface area (Å²) in [5.74, 6) is 0.949. The summed E-state index contributed by atoms with van der Waals surface area (Å²) in [4.78, 5) is -0.294. The lowest BCUT2D eigenvalue weighted by Crippen LogP contribution is -2.35. The first-order chi connectivity index (χ1) is 7.99. The largest absolute Gasteiger partial charge is 0.243 e. The summed E-state index contributed by atoms with van der Waals surface area (Å²) in [7, 11) is -3.75. The van der Waals surface area contributed by atoms with Gasteiger partial charge in [0.05, 0.1) is 0 Å². The summed E-state index contributed by atoms with van der Waals surface area (Å²) in [6, 6.07) is 3.84. The van der Waals surface area contributed by atoms with Crippen LogP contribution < -0.4 is 4.72 Å². The Bertz CT molecular complexity index is 515. The standard InChI is InChI=1S/C10H11BrFNO2S2/c11-7-1-2-10(9(12)5-7)17(14,15)13-8-3-4-16-6-8/h1-2,5,8,13H,3-4,6H2. The van der Waals surface area contributed by atoms with Crippen LogP contribution >= 0.6 is 27.7 Å². The molecular formula is C10H11BrFNO2S2. The predicted molar refractivity (Wildman–Crippen MR) is 70.2 cm³/mol. The Morgan fingerprint density at radius 3 is 2.82 bits per heavy atom. The lowest BCUT2D eigenvalue weighted by Gasteiger charge is -2.12. The molecule has 1 heterocycles. The van der Waals surface area contributed by atoms with Gasteiger partial charge in [0, 0.05) is 16.3 Å². The molecule has 1 atom stereocenters. The van der Waals surface area contributed by atoms with Crippen LogP contribution in [0.5, 0.6) is 0 Å². The van der Waals surface area contributed by atoms with E-state index in [4.69, 9.17) is 0 Å². The molecule has 17 heavy (non-hydrogen) atoms. The number of hydrogen-bond donors (Lipinski definition) is 1. The number of thioether (sulfide) groups is 1. The third kappa shape index (κ3) is 3.21. The molecule has 1 N–H and O–H groups in total. The van der Waals surface area contributed by atoms with Crippen molar-refractivity contribution < 1.29 is 12.8 Å². The third-order valence-electron chi connectivity index (χ3n) is 2.43. The van der Waals surface area contributed by atoms with E-state index >= 15 is 0 Å². The van der Waals surface area contributed by atoms with Gasteiger partial charge in [-0.1, -0.05) is 15.9 Å². The zero-order chi connectivity index (χ0) is 12.5. The summed E-state index contributed by atoms with van der Waals surface area (Å²) in [6.45, 7) is 0. The van der Waals surface area contributed by atoms with E-state index in [2.05, 4.69) is 20.7 Å². The van der Waals surface area contributed by atoms with Crippen molar-refractivity contribution in [1.82, 2.24) is 4.72 Å². The van der Waals surface area contributed by atoms with Crippen molar-refractivity contribution in [2.45, 2.75) is 17.4 Å². The first kappa shape index (κ1) is 13.3. The summed E-state index contributed by atoms with van der Waals surface area (Å²) in [5, 5.41) is 0. The maximum Gasteiger partial charge on any atom is 0.243 e. The molecule has 0 spiro atoms. The Labute approximate surface area is 112 Å². The van der Waals surface area contributed by atoms with Crippen molar-refractivity contribution in [3.05, 3.63) is 28.5 Å². The quantitative estimate of drug-likeness (QED) is 0.919. The first-order valence-electron chi connectivity index (χ1n) is 5.04. The van der Waals surface area contributed by atoms with Gasteiger partial charge in [0.15, 0.2) is 0 Å². The van der Waals surface area contributed by atoms with Crippen LogP contribution in [0.4, 0.5) is 4.39 Å². The fraction of sp³-hybridized carbons (Fsp3) is 0.400. The van der Waals surface area contributed by atoms with E-state index in [9.17, 15) is 12.8 Å². The highest BCUT2D eigenvalue weighted by Gasteiger charge is 2.25. The van der Waals surface area contributed by atoms with Crippen LogP contribution in [-0.4, -0.2) is 26.0 Å². The number of nitrogens with one attached hydrogen (secondary N) is 1. The minimum Gasteiger partial charge on any atom is -0.207 e. The minimum atomic E-state index is -3.75. The normalized spacial score (nSPS) is 20.7. The summed E-state index contributed by atoms with van der Waals surface area (Å²) >= 11 is 4.79.